The zero-order valence-electron chi connectivity index (χ0n) is 19.5. The van der Waals surface area contributed by atoms with Gasteiger partial charge in [-0.1, -0.05) is 59.6 Å². The van der Waals surface area contributed by atoms with E-state index >= 15 is 0 Å². The summed E-state index contributed by atoms with van der Waals surface area (Å²) in [7, 11) is -4.03. The van der Waals surface area contributed by atoms with E-state index in [2.05, 4.69) is 11.4 Å². The molecule has 178 valence electrons. The van der Waals surface area contributed by atoms with Crippen molar-refractivity contribution in [3.05, 3.63) is 100 Å². The lowest BCUT2D eigenvalue weighted by atomic mass is 10.0. The Morgan fingerprint density at radius 2 is 1.66 bits per heavy atom. The predicted octanol–water partition coefficient (Wildman–Crippen LogP) is 6.04. The number of carbonyl (C=O) groups is 1. The minimum absolute atomic E-state index is 0.112. The van der Waals surface area contributed by atoms with E-state index in [0.717, 1.165) is 28.1 Å². The Morgan fingerprint density at radius 3 is 2.40 bits per heavy atom. The van der Waals surface area contributed by atoms with Crippen molar-refractivity contribution >= 4 is 49.7 Å². The van der Waals surface area contributed by atoms with Crippen molar-refractivity contribution < 1.29 is 13.2 Å². The van der Waals surface area contributed by atoms with E-state index in [1.54, 1.807) is 49.4 Å². The van der Waals surface area contributed by atoms with Crippen molar-refractivity contribution in [3.63, 3.8) is 0 Å². The van der Waals surface area contributed by atoms with Gasteiger partial charge in [-0.3, -0.25) is 9.10 Å². The Kier molecular flexibility index (Phi) is 6.03. The Labute approximate surface area is 210 Å². The second-order valence-electron chi connectivity index (χ2n) is 8.92. The molecule has 0 fully saturated rings. The van der Waals surface area contributed by atoms with Crippen LogP contribution in [0.3, 0.4) is 0 Å². The first kappa shape index (κ1) is 23.4. The van der Waals surface area contributed by atoms with Crippen LogP contribution in [-0.4, -0.2) is 20.9 Å². The van der Waals surface area contributed by atoms with Gasteiger partial charge in [-0.15, -0.1) is 0 Å². The maximum absolute atomic E-state index is 13.7. The Balaban J connectivity index is 1.52. The summed E-state index contributed by atoms with van der Waals surface area (Å²) in [6.45, 7) is 3.30. The van der Waals surface area contributed by atoms with Gasteiger partial charge in [-0.05, 0) is 79.1 Å². The molecule has 0 unspecified atom stereocenters. The van der Waals surface area contributed by atoms with Gasteiger partial charge in [-0.25, -0.2) is 8.42 Å². The molecule has 4 aromatic carbocycles. The Hall–Kier alpha value is -3.35. The van der Waals surface area contributed by atoms with Crippen molar-refractivity contribution in [2.24, 2.45) is 0 Å². The summed E-state index contributed by atoms with van der Waals surface area (Å²) >= 11 is 6.22. The molecular formula is C28H25ClN2O3S. The second kappa shape index (κ2) is 9.02. The highest BCUT2D eigenvalue weighted by molar-refractivity contribution is 7.92. The topological polar surface area (TPSA) is 66.5 Å². The van der Waals surface area contributed by atoms with Crippen LogP contribution in [0.25, 0.3) is 10.8 Å². The quantitative estimate of drug-likeness (QED) is 0.348. The molecule has 7 heteroatoms. The average Bonchev–Trinajstić information content (AvgIpc) is 3.26. The summed E-state index contributed by atoms with van der Waals surface area (Å²) in [5.41, 5.74) is 5.22. The summed E-state index contributed by atoms with van der Waals surface area (Å²) in [5.74, 6) is -0.432. The van der Waals surface area contributed by atoms with E-state index in [9.17, 15) is 13.2 Å². The first-order valence-corrected chi connectivity index (χ1v) is 13.2. The molecule has 0 spiro atoms. The van der Waals surface area contributed by atoms with Gasteiger partial charge in [0.2, 0.25) is 5.91 Å². The van der Waals surface area contributed by atoms with Crippen molar-refractivity contribution in [3.8, 4) is 0 Å². The zero-order chi connectivity index (χ0) is 24.7. The standard InChI is InChI=1S/C28H25ClN2O3S/c1-18-6-13-23(14-7-18)35(33,34)31(26-16-22(29)12-8-19(26)2)17-27(32)30-25-15-11-21-10-9-20-4-3-5-24(25)28(20)21/h3-8,11-16H,9-10,17H2,1-2H3,(H,30,32). The van der Waals surface area contributed by atoms with Crippen LogP contribution in [0.15, 0.2) is 77.7 Å². The van der Waals surface area contributed by atoms with Crippen LogP contribution < -0.4 is 9.62 Å². The van der Waals surface area contributed by atoms with Crippen LogP contribution in [0.4, 0.5) is 11.4 Å². The maximum Gasteiger partial charge on any atom is 0.264 e. The number of rotatable bonds is 6. The molecule has 5 rings (SSSR count). The number of benzene rings is 4. The number of anilines is 2. The number of nitrogens with one attached hydrogen (secondary N) is 1. The summed E-state index contributed by atoms with van der Waals surface area (Å²) in [5, 5.41) is 5.50. The minimum atomic E-state index is -4.03. The van der Waals surface area contributed by atoms with Crippen molar-refractivity contribution in [1.82, 2.24) is 0 Å². The summed E-state index contributed by atoms with van der Waals surface area (Å²) in [6.07, 6.45) is 1.97. The van der Waals surface area contributed by atoms with E-state index < -0.39 is 15.9 Å². The monoisotopic (exact) mass is 504 g/mol. The first-order chi connectivity index (χ1) is 16.7. The van der Waals surface area contributed by atoms with Gasteiger partial charge in [0.1, 0.15) is 6.54 Å². The summed E-state index contributed by atoms with van der Waals surface area (Å²) < 4.78 is 28.5. The fourth-order valence-electron chi connectivity index (χ4n) is 4.66. The molecule has 0 aromatic heterocycles. The van der Waals surface area contributed by atoms with Gasteiger partial charge in [0.05, 0.1) is 10.6 Å². The van der Waals surface area contributed by atoms with Gasteiger partial charge in [0.25, 0.3) is 10.0 Å². The van der Waals surface area contributed by atoms with E-state index in [1.165, 1.54) is 16.5 Å². The molecule has 0 radical (unpaired) electrons. The van der Waals surface area contributed by atoms with Gasteiger partial charge in [-0.2, -0.15) is 0 Å². The molecule has 35 heavy (non-hydrogen) atoms. The molecule has 5 nitrogen and oxygen atoms in total. The number of sulfonamides is 1. The molecule has 0 heterocycles. The lowest BCUT2D eigenvalue weighted by Gasteiger charge is -2.26. The van der Waals surface area contributed by atoms with Crippen LogP contribution in [0.1, 0.15) is 22.3 Å². The highest BCUT2D eigenvalue weighted by Crippen LogP contribution is 2.35. The number of nitrogens with zero attached hydrogens (tertiary/aromatic N) is 1. The van der Waals surface area contributed by atoms with E-state index in [1.807, 2.05) is 31.2 Å². The molecular weight excluding hydrogens is 480 g/mol. The predicted molar refractivity (Wildman–Crippen MR) is 142 cm³/mol. The van der Waals surface area contributed by atoms with Crippen LogP contribution in [0, 0.1) is 13.8 Å². The van der Waals surface area contributed by atoms with Gasteiger partial charge >= 0.3 is 0 Å². The van der Waals surface area contributed by atoms with E-state index in [-0.39, 0.29) is 11.4 Å². The lowest BCUT2D eigenvalue weighted by Crippen LogP contribution is -2.38. The molecule has 0 saturated heterocycles. The first-order valence-electron chi connectivity index (χ1n) is 11.4. The van der Waals surface area contributed by atoms with Gasteiger partial charge < -0.3 is 5.32 Å². The number of aryl methyl sites for hydroxylation is 4. The molecule has 0 saturated carbocycles. The molecule has 0 aliphatic heterocycles. The normalized spacial score (nSPS) is 12.7. The largest absolute Gasteiger partial charge is 0.324 e. The van der Waals surface area contributed by atoms with Crippen LogP contribution in [0.5, 0.6) is 0 Å². The second-order valence-corrected chi connectivity index (χ2v) is 11.2. The molecule has 0 bridgehead atoms. The Morgan fingerprint density at radius 1 is 0.943 bits per heavy atom. The summed E-state index contributed by atoms with van der Waals surface area (Å²) in [4.78, 5) is 13.4. The molecule has 0 atom stereocenters. The van der Waals surface area contributed by atoms with Gasteiger partial charge in [0.15, 0.2) is 0 Å². The Bertz CT molecular complexity index is 1550. The third kappa shape index (κ3) is 4.40. The van der Waals surface area contributed by atoms with Crippen LogP contribution in [-0.2, 0) is 27.7 Å². The van der Waals surface area contributed by atoms with E-state index in [0.29, 0.717) is 22.0 Å². The fourth-order valence-corrected chi connectivity index (χ4v) is 6.31. The number of hydrogen-bond acceptors (Lipinski definition) is 3. The average molecular weight is 505 g/mol. The van der Waals surface area contributed by atoms with Gasteiger partial charge in [0, 0.05) is 16.1 Å². The van der Waals surface area contributed by atoms with Crippen molar-refractivity contribution in [2.75, 3.05) is 16.2 Å². The molecule has 1 aliphatic carbocycles. The maximum atomic E-state index is 13.7. The van der Waals surface area contributed by atoms with E-state index in [4.69, 9.17) is 11.6 Å². The third-order valence-corrected chi connectivity index (χ3v) is 8.50. The number of hydrogen-bond donors (Lipinski definition) is 1. The number of halogens is 1. The molecule has 1 N–H and O–H groups in total. The highest BCUT2D eigenvalue weighted by Gasteiger charge is 2.29. The van der Waals surface area contributed by atoms with Crippen LogP contribution >= 0.6 is 11.6 Å². The fraction of sp³-hybridized carbons (Fsp3) is 0.179. The van der Waals surface area contributed by atoms with Crippen molar-refractivity contribution in [2.45, 2.75) is 31.6 Å². The lowest BCUT2D eigenvalue weighted by molar-refractivity contribution is -0.114. The third-order valence-electron chi connectivity index (χ3n) is 6.49. The number of amides is 1. The molecule has 1 amide bonds. The highest BCUT2D eigenvalue weighted by atomic mass is 35.5. The minimum Gasteiger partial charge on any atom is -0.324 e. The molecule has 1 aliphatic rings. The summed E-state index contributed by atoms with van der Waals surface area (Å²) in [6, 6.07) is 21.6. The number of carbonyl (C=O) groups excluding carboxylic acids is 1. The van der Waals surface area contributed by atoms with Crippen LogP contribution in [0.2, 0.25) is 5.02 Å². The molecule has 4 aromatic rings. The smallest absolute Gasteiger partial charge is 0.264 e. The zero-order valence-corrected chi connectivity index (χ0v) is 21.1. The SMILES string of the molecule is Cc1ccc(S(=O)(=O)N(CC(=O)Nc2ccc3c4c(cccc24)CC3)c2cc(Cl)ccc2C)cc1. The van der Waals surface area contributed by atoms with Crippen molar-refractivity contribution in [1.29, 1.82) is 0 Å².